The van der Waals surface area contributed by atoms with Gasteiger partial charge in [0.25, 0.3) is 0 Å². The van der Waals surface area contributed by atoms with E-state index in [1.54, 1.807) is 6.07 Å². The number of rotatable bonds is 5. The lowest BCUT2D eigenvalue weighted by Gasteiger charge is -2.10. The third kappa shape index (κ3) is 3.57. The Labute approximate surface area is 166 Å². The number of hydrogen-bond acceptors (Lipinski definition) is 3. The molecular formula is C19H23ClFN6O+. The van der Waals surface area contributed by atoms with Crippen molar-refractivity contribution in [3.05, 3.63) is 58.8 Å². The minimum absolute atomic E-state index is 0.0485. The highest BCUT2D eigenvalue weighted by Gasteiger charge is 2.23. The summed E-state index contributed by atoms with van der Waals surface area (Å²) in [5.41, 5.74) is 13.5. The Morgan fingerprint density at radius 1 is 1.39 bits per heavy atom. The van der Waals surface area contributed by atoms with Crippen LogP contribution in [0, 0.1) is 5.82 Å². The number of aromatic nitrogens is 3. The van der Waals surface area contributed by atoms with Gasteiger partial charge in [0.1, 0.15) is 24.7 Å². The van der Waals surface area contributed by atoms with Crippen LogP contribution in [0.2, 0.25) is 5.02 Å². The lowest BCUT2D eigenvalue weighted by molar-refractivity contribution is -0.662. The first-order chi connectivity index (χ1) is 13.4. The molecule has 0 radical (unpaired) electrons. The van der Waals surface area contributed by atoms with Crippen LogP contribution in [-0.2, 0) is 18.4 Å². The lowest BCUT2D eigenvalue weighted by Crippen LogP contribution is -2.33. The van der Waals surface area contributed by atoms with Gasteiger partial charge in [0, 0.05) is 42.9 Å². The predicted octanol–water partition coefficient (Wildman–Crippen LogP) is 1.92. The molecule has 148 valence electrons. The zero-order valence-corrected chi connectivity index (χ0v) is 16.3. The smallest absolute Gasteiger partial charge is 0.307 e. The van der Waals surface area contributed by atoms with Crippen LogP contribution >= 0.6 is 11.6 Å². The Balaban J connectivity index is 1.54. The molecule has 1 aliphatic carbocycles. The van der Waals surface area contributed by atoms with Gasteiger partial charge < -0.3 is 16.3 Å². The number of amidine groups is 1. The molecule has 1 aliphatic rings. The van der Waals surface area contributed by atoms with Gasteiger partial charge >= 0.3 is 5.65 Å². The fraction of sp³-hybridized carbons (Fsp3) is 0.368. The molecule has 4 rings (SSSR count). The second-order valence-corrected chi connectivity index (χ2v) is 7.62. The molecule has 0 amide bonds. The Morgan fingerprint density at radius 3 is 2.93 bits per heavy atom. The molecule has 3 aromatic rings. The first kappa shape index (κ1) is 18.8. The summed E-state index contributed by atoms with van der Waals surface area (Å²) < 4.78 is 20.6. The van der Waals surface area contributed by atoms with E-state index in [-0.39, 0.29) is 18.0 Å². The molecule has 7 nitrogen and oxygen atoms in total. The van der Waals surface area contributed by atoms with Gasteiger partial charge in [-0.05, 0) is 25.0 Å². The molecule has 0 saturated heterocycles. The summed E-state index contributed by atoms with van der Waals surface area (Å²) >= 11 is 6.37. The summed E-state index contributed by atoms with van der Waals surface area (Å²) in [7, 11) is 1.93. The highest BCUT2D eigenvalue weighted by molar-refractivity contribution is 6.31. The van der Waals surface area contributed by atoms with Crippen molar-refractivity contribution in [2.24, 2.45) is 23.7 Å². The minimum Gasteiger partial charge on any atom is -0.391 e. The number of halogens is 2. The summed E-state index contributed by atoms with van der Waals surface area (Å²) in [6, 6.07) is 5.04. The van der Waals surface area contributed by atoms with E-state index in [0.29, 0.717) is 22.7 Å². The van der Waals surface area contributed by atoms with Gasteiger partial charge in [0.05, 0.1) is 5.02 Å². The minimum atomic E-state index is -0.439. The molecule has 1 aromatic carbocycles. The highest BCUT2D eigenvalue weighted by atomic mass is 35.5. The Bertz CT molecular complexity index is 1020. The fourth-order valence-electron chi connectivity index (χ4n) is 3.57. The van der Waals surface area contributed by atoms with E-state index < -0.39 is 5.82 Å². The summed E-state index contributed by atoms with van der Waals surface area (Å²) in [6.45, 7) is 0.305. The molecule has 4 N–H and O–H groups in total. The molecule has 1 fully saturated rings. The molecular weight excluding hydrogens is 383 g/mol. The summed E-state index contributed by atoms with van der Waals surface area (Å²) in [5.74, 6) is -0.346. The van der Waals surface area contributed by atoms with Crippen LogP contribution in [0.15, 0.2) is 41.9 Å². The van der Waals surface area contributed by atoms with Crippen molar-refractivity contribution >= 4 is 23.1 Å². The maximum absolute atomic E-state index is 14.8. The fourth-order valence-corrected chi connectivity index (χ4v) is 3.84. The number of imidazole rings is 1. The van der Waals surface area contributed by atoms with Crippen LogP contribution in [0.25, 0.3) is 5.65 Å². The van der Waals surface area contributed by atoms with Gasteiger partial charge in [-0.3, -0.25) is 0 Å². The summed E-state index contributed by atoms with van der Waals surface area (Å²) in [4.78, 5) is 5.44. The quantitative estimate of drug-likeness (QED) is 0.294. The second kappa shape index (κ2) is 7.44. The number of aryl methyl sites for hydroxylation is 1. The largest absolute Gasteiger partial charge is 0.391 e. The Kier molecular flexibility index (Phi) is 4.99. The van der Waals surface area contributed by atoms with Gasteiger partial charge in [0.15, 0.2) is 12.0 Å². The Hall–Kier alpha value is -2.58. The summed E-state index contributed by atoms with van der Waals surface area (Å²) in [5, 5.41) is 4.23. The Morgan fingerprint density at radius 2 is 2.21 bits per heavy atom. The topological polar surface area (TPSA) is 86.8 Å². The van der Waals surface area contributed by atoms with Crippen molar-refractivity contribution < 1.29 is 13.8 Å². The van der Waals surface area contributed by atoms with E-state index in [1.165, 1.54) is 6.07 Å². The molecule has 2 aromatic heterocycles. The molecule has 0 bridgehead atoms. The molecule has 0 spiro atoms. The van der Waals surface area contributed by atoms with Crippen molar-refractivity contribution in [3.8, 4) is 0 Å². The molecule has 2 atom stereocenters. The van der Waals surface area contributed by atoms with Gasteiger partial charge in [-0.25, -0.2) is 13.6 Å². The van der Waals surface area contributed by atoms with Gasteiger partial charge in [-0.2, -0.15) is 0 Å². The number of nitrogens with two attached hydrogens (primary N) is 2. The van der Waals surface area contributed by atoms with Gasteiger partial charge in [-0.1, -0.05) is 16.8 Å². The van der Waals surface area contributed by atoms with E-state index in [1.807, 2.05) is 45.5 Å². The second-order valence-electron chi connectivity index (χ2n) is 7.21. The zero-order chi connectivity index (χ0) is 19.8. The normalized spacial score (nSPS) is 20.2. The maximum Gasteiger partial charge on any atom is 0.307 e. The van der Waals surface area contributed by atoms with E-state index >= 15 is 0 Å². The molecule has 0 aliphatic heterocycles. The van der Waals surface area contributed by atoms with Gasteiger partial charge in [0.2, 0.25) is 0 Å². The van der Waals surface area contributed by atoms with Crippen LogP contribution in [0.5, 0.6) is 0 Å². The number of benzene rings is 1. The van der Waals surface area contributed by atoms with Crippen LogP contribution in [0.4, 0.5) is 4.39 Å². The van der Waals surface area contributed by atoms with E-state index in [4.69, 9.17) is 27.9 Å². The van der Waals surface area contributed by atoms with Crippen LogP contribution in [0.3, 0.4) is 0 Å². The number of oxime groups is 1. The molecule has 2 unspecified atom stereocenters. The number of hydrogen-bond donors (Lipinski definition) is 2. The van der Waals surface area contributed by atoms with E-state index in [0.717, 1.165) is 24.9 Å². The average molecular weight is 406 g/mol. The molecule has 9 heteroatoms. The average Bonchev–Trinajstić information content (AvgIpc) is 3.35. The summed E-state index contributed by atoms with van der Waals surface area (Å²) in [6.07, 6.45) is 8.17. The molecule has 28 heavy (non-hydrogen) atoms. The lowest BCUT2D eigenvalue weighted by atomic mass is 10.1. The van der Waals surface area contributed by atoms with Crippen LogP contribution in [0.1, 0.15) is 30.4 Å². The molecule has 2 heterocycles. The maximum atomic E-state index is 14.8. The number of nitrogens with zero attached hydrogens (tertiary/aromatic N) is 4. The van der Waals surface area contributed by atoms with Crippen molar-refractivity contribution in [3.63, 3.8) is 0 Å². The monoisotopic (exact) mass is 405 g/mol. The van der Waals surface area contributed by atoms with E-state index in [9.17, 15) is 4.39 Å². The third-order valence-corrected chi connectivity index (χ3v) is 5.52. The first-order valence-corrected chi connectivity index (χ1v) is 9.55. The van der Waals surface area contributed by atoms with E-state index in [2.05, 4.69) is 5.16 Å². The van der Waals surface area contributed by atoms with Crippen LogP contribution < -0.4 is 16.0 Å². The van der Waals surface area contributed by atoms with Crippen molar-refractivity contribution in [2.75, 3.05) is 0 Å². The standard InChI is InChI=1S/C19H23ClFN6O/c1-25-5-4-18-26(6-7-27(18)25)11-15-16(20)8-12(9-17(15)21)19(23)24-28-14-3-2-13(22)10-14/h4-9,13-14H,2-3,10-11,22H2,1H3,(H2,23,24)/q+1. The highest BCUT2D eigenvalue weighted by Crippen LogP contribution is 2.23. The van der Waals surface area contributed by atoms with Crippen molar-refractivity contribution in [2.45, 2.75) is 38.0 Å². The third-order valence-electron chi connectivity index (χ3n) is 5.19. The number of fused-ring (bicyclic) bond motifs is 1. The molecule has 1 saturated carbocycles. The SMILES string of the molecule is Cn1ccc2n1cc[n+]2Cc1c(F)cc(C(N)=NOC2CCC(N)C2)cc1Cl. The van der Waals surface area contributed by atoms with Crippen LogP contribution in [-0.4, -0.2) is 27.2 Å². The van der Waals surface area contributed by atoms with Crippen molar-refractivity contribution in [1.29, 1.82) is 0 Å². The zero-order valence-electron chi connectivity index (χ0n) is 15.6. The first-order valence-electron chi connectivity index (χ1n) is 9.17. The van der Waals surface area contributed by atoms with Gasteiger partial charge in [-0.15, -0.1) is 4.52 Å². The predicted molar refractivity (Wildman–Crippen MR) is 104 cm³/mol. The van der Waals surface area contributed by atoms with Crippen molar-refractivity contribution in [1.82, 2.24) is 9.20 Å².